The van der Waals surface area contributed by atoms with Gasteiger partial charge in [0.25, 0.3) is 0 Å². The molecule has 0 atom stereocenters. The molecule has 0 aliphatic carbocycles. The molecule has 112 valence electrons. The third-order valence-electron chi connectivity index (χ3n) is 2.60. The van der Waals surface area contributed by atoms with Gasteiger partial charge in [0.1, 0.15) is 4.90 Å². The van der Waals surface area contributed by atoms with Crippen LogP contribution in [-0.4, -0.2) is 38.8 Å². The van der Waals surface area contributed by atoms with Crippen molar-refractivity contribution >= 4 is 33.2 Å². The summed E-state index contributed by atoms with van der Waals surface area (Å²) in [5.41, 5.74) is 5.72. The first-order valence-electron chi connectivity index (χ1n) is 6.07. The zero-order valence-electron chi connectivity index (χ0n) is 11.4. The maximum atomic E-state index is 12.3. The standard InChI is InChI=1S/C12H18ClN3O3S/c1-3-6-15-12(17)8-16(2)20(18,19)11-5-4-9(13)7-10(11)14/h4-5,7H,3,6,8,14H2,1-2H3,(H,15,17). The molecule has 0 radical (unpaired) electrons. The normalized spacial score (nSPS) is 11.6. The number of hydrogen-bond acceptors (Lipinski definition) is 4. The number of carbonyl (C=O) groups excluding carboxylic acids is 1. The minimum atomic E-state index is -3.82. The van der Waals surface area contributed by atoms with Crippen LogP contribution in [-0.2, 0) is 14.8 Å². The minimum absolute atomic E-state index is 0.0540. The lowest BCUT2D eigenvalue weighted by atomic mass is 10.3. The van der Waals surface area contributed by atoms with Crippen molar-refractivity contribution in [2.24, 2.45) is 0 Å². The third-order valence-corrected chi connectivity index (χ3v) is 4.71. The zero-order valence-corrected chi connectivity index (χ0v) is 13.0. The van der Waals surface area contributed by atoms with Gasteiger partial charge in [-0.25, -0.2) is 8.42 Å². The molecule has 0 saturated carbocycles. The van der Waals surface area contributed by atoms with Crippen LogP contribution in [0.3, 0.4) is 0 Å². The molecule has 0 aliphatic rings. The molecule has 1 aromatic rings. The molecule has 1 aromatic carbocycles. The predicted molar refractivity (Wildman–Crippen MR) is 79.0 cm³/mol. The molecule has 0 spiro atoms. The van der Waals surface area contributed by atoms with Crippen molar-refractivity contribution < 1.29 is 13.2 Å². The molecule has 1 rings (SSSR count). The Labute approximate surface area is 123 Å². The third kappa shape index (κ3) is 4.09. The van der Waals surface area contributed by atoms with E-state index in [0.29, 0.717) is 11.6 Å². The van der Waals surface area contributed by atoms with Gasteiger partial charge in [0.05, 0.1) is 12.2 Å². The molecule has 6 nitrogen and oxygen atoms in total. The van der Waals surface area contributed by atoms with Gasteiger partial charge in [0.15, 0.2) is 0 Å². The van der Waals surface area contributed by atoms with Crippen LogP contribution >= 0.6 is 11.6 Å². The number of likely N-dealkylation sites (N-methyl/N-ethyl adjacent to an activating group) is 1. The summed E-state index contributed by atoms with van der Waals surface area (Å²) in [5, 5.41) is 2.96. The SMILES string of the molecule is CCCNC(=O)CN(C)S(=O)(=O)c1ccc(Cl)cc1N. The molecule has 0 aliphatic heterocycles. The van der Waals surface area contributed by atoms with Crippen LogP contribution in [0.4, 0.5) is 5.69 Å². The summed E-state index contributed by atoms with van der Waals surface area (Å²) < 4.78 is 25.5. The smallest absolute Gasteiger partial charge is 0.245 e. The highest BCUT2D eigenvalue weighted by Crippen LogP contribution is 2.24. The molecule has 0 unspecified atom stereocenters. The number of halogens is 1. The van der Waals surface area contributed by atoms with Crippen LogP contribution in [0.15, 0.2) is 23.1 Å². The number of amides is 1. The van der Waals surface area contributed by atoms with E-state index >= 15 is 0 Å². The Morgan fingerprint density at radius 3 is 2.65 bits per heavy atom. The van der Waals surface area contributed by atoms with Crippen molar-refractivity contribution in [2.45, 2.75) is 18.2 Å². The summed E-state index contributed by atoms with van der Waals surface area (Å²) in [6.45, 7) is 2.16. The zero-order chi connectivity index (χ0) is 15.3. The summed E-state index contributed by atoms with van der Waals surface area (Å²) in [5.74, 6) is -0.356. The summed E-state index contributed by atoms with van der Waals surface area (Å²) in [6.07, 6.45) is 0.784. The number of benzene rings is 1. The quantitative estimate of drug-likeness (QED) is 0.767. The van der Waals surface area contributed by atoms with E-state index in [1.165, 1.54) is 25.2 Å². The summed E-state index contributed by atoms with van der Waals surface area (Å²) in [6, 6.07) is 4.13. The summed E-state index contributed by atoms with van der Waals surface area (Å²) >= 11 is 5.74. The Hall–Kier alpha value is -1.31. The maximum Gasteiger partial charge on any atom is 0.245 e. The number of carbonyl (C=O) groups is 1. The monoisotopic (exact) mass is 319 g/mol. The van der Waals surface area contributed by atoms with Gasteiger partial charge in [-0.3, -0.25) is 4.79 Å². The van der Waals surface area contributed by atoms with Crippen LogP contribution in [0.5, 0.6) is 0 Å². The second-order valence-electron chi connectivity index (χ2n) is 4.29. The number of sulfonamides is 1. The molecule has 0 saturated heterocycles. The molecular formula is C12H18ClN3O3S. The highest BCUT2D eigenvalue weighted by atomic mass is 35.5. The lowest BCUT2D eigenvalue weighted by Crippen LogP contribution is -2.38. The van der Waals surface area contributed by atoms with Crippen molar-refractivity contribution in [1.29, 1.82) is 0 Å². The molecular weight excluding hydrogens is 302 g/mol. The number of rotatable bonds is 6. The highest BCUT2D eigenvalue weighted by molar-refractivity contribution is 7.89. The Morgan fingerprint density at radius 1 is 1.45 bits per heavy atom. The Kier molecular flexibility index (Phi) is 5.79. The van der Waals surface area contributed by atoms with E-state index in [9.17, 15) is 13.2 Å². The molecule has 1 amide bonds. The van der Waals surface area contributed by atoms with Crippen LogP contribution in [0.2, 0.25) is 5.02 Å². The second-order valence-corrected chi connectivity index (χ2v) is 6.74. The molecule has 0 aromatic heterocycles. The van der Waals surface area contributed by atoms with Gasteiger partial charge in [0.2, 0.25) is 15.9 Å². The number of nitrogens with zero attached hydrogens (tertiary/aromatic N) is 1. The fourth-order valence-corrected chi connectivity index (χ4v) is 2.93. The number of nitrogens with one attached hydrogen (secondary N) is 1. The lowest BCUT2D eigenvalue weighted by molar-refractivity contribution is -0.121. The lowest BCUT2D eigenvalue weighted by Gasteiger charge is -2.18. The van der Waals surface area contributed by atoms with E-state index in [2.05, 4.69) is 5.32 Å². The van der Waals surface area contributed by atoms with Crippen molar-refractivity contribution in [3.8, 4) is 0 Å². The first-order chi connectivity index (χ1) is 9.28. The maximum absolute atomic E-state index is 12.3. The van der Waals surface area contributed by atoms with Crippen molar-refractivity contribution in [3.63, 3.8) is 0 Å². The van der Waals surface area contributed by atoms with E-state index in [0.717, 1.165) is 10.7 Å². The first kappa shape index (κ1) is 16.7. The van der Waals surface area contributed by atoms with Gasteiger partial charge >= 0.3 is 0 Å². The van der Waals surface area contributed by atoms with E-state index in [1.54, 1.807) is 0 Å². The van der Waals surface area contributed by atoms with Gasteiger partial charge in [0, 0.05) is 18.6 Å². The van der Waals surface area contributed by atoms with Crippen LogP contribution < -0.4 is 11.1 Å². The Morgan fingerprint density at radius 2 is 2.10 bits per heavy atom. The average molecular weight is 320 g/mol. The van der Waals surface area contributed by atoms with Gasteiger partial charge in [-0.15, -0.1) is 0 Å². The van der Waals surface area contributed by atoms with Gasteiger partial charge in [-0.2, -0.15) is 4.31 Å². The van der Waals surface area contributed by atoms with Crippen LogP contribution in [0.25, 0.3) is 0 Å². The minimum Gasteiger partial charge on any atom is -0.398 e. The first-order valence-corrected chi connectivity index (χ1v) is 7.89. The molecule has 0 bridgehead atoms. The number of anilines is 1. The van der Waals surface area contributed by atoms with Gasteiger partial charge in [-0.1, -0.05) is 18.5 Å². The van der Waals surface area contributed by atoms with E-state index in [1.807, 2.05) is 6.92 Å². The molecule has 8 heteroatoms. The van der Waals surface area contributed by atoms with E-state index in [4.69, 9.17) is 17.3 Å². The number of nitrogens with two attached hydrogens (primary N) is 1. The molecule has 3 N–H and O–H groups in total. The predicted octanol–water partition coefficient (Wildman–Crippen LogP) is 1.07. The number of hydrogen-bond donors (Lipinski definition) is 2. The highest BCUT2D eigenvalue weighted by Gasteiger charge is 2.25. The van der Waals surface area contributed by atoms with Gasteiger partial charge in [-0.05, 0) is 24.6 Å². The molecule has 0 fully saturated rings. The Balaban J connectivity index is 2.90. The Bertz CT molecular complexity index is 590. The van der Waals surface area contributed by atoms with Crippen LogP contribution in [0.1, 0.15) is 13.3 Å². The summed E-state index contributed by atoms with van der Waals surface area (Å²) in [4.78, 5) is 11.5. The number of nitrogen functional groups attached to an aromatic ring is 1. The average Bonchev–Trinajstić information content (AvgIpc) is 2.35. The van der Waals surface area contributed by atoms with Crippen molar-refractivity contribution in [3.05, 3.63) is 23.2 Å². The fraction of sp³-hybridized carbons (Fsp3) is 0.417. The fourth-order valence-electron chi connectivity index (χ4n) is 1.53. The largest absolute Gasteiger partial charge is 0.398 e. The topological polar surface area (TPSA) is 92.5 Å². The van der Waals surface area contributed by atoms with Crippen molar-refractivity contribution in [1.82, 2.24) is 9.62 Å². The van der Waals surface area contributed by atoms with Crippen LogP contribution in [0, 0.1) is 0 Å². The molecule has 0 heterocycles. The molecule has 20 heavy (non-hydrogen) atoms. The summed E-state index contributed by atoms with van der Waals surface area (Å²) in [7, 11) is -2.49. The second kappa shape index (κ2) is 6.92. The van der Waals surface area contributed by atoms with Gasteiger partial charge < -0.3 is 11.1 Å². The van der Waals surface area contributed by atoms with Crippen molar-refractivity contribution in [2.75, 3.05) is 25.9 Å². The van der Waals surface area contributed by atoms with E-state index < -0.39 is 10.0 Å². The van der Waals surface area contributed by atoms with E-state index in [-0.39, 0.29) is 23.0 Å².